The van der Waals surface area contributed by atoms with Crippen LogP contribution in [0.2, 0.25) is 0 Å². The highest BCUT2D eigenvalue weighted by Crippen LogP contribution is 2.33. The first-order chi connectivity index (χ1) is 22.4. The monoisotopic (exact) mass is 660 g/mol. The molecule has 11 heteroatoms. The normalized spacial score (nSPS) is 12.7. The lowest BCUT2D eigenvalue weighted by molar-refractivity contribution is -0.0258. The lowest BCUT2D eigenvalue weighted by Crippen LogP contribution is -2.22. The average Bonchev–Trinajstić information content (AvgIpc) is 3.04. The van der Waals surface area contributed by atoms with Crippen LogP contribution in [-0.4, -0.2) is 137 Å². The molecule has 270 valence electrons. The van der Waals surface area contributed by atoms with Crippen LogP contribution in [0.4, 0.5) is 0 Å². The van der Waals surface area contributed by atoms with E-state index in [0.717, 1.165) is 12.2 Å². The zero-order chi connectivity index (χ0) is 33.6. The lowest BCUT2D eigenvalue weighted by atomic mass is 9.75. The minimum atomic E-state index is 0.0271. The molecule has 1 atom stereocenters. The molecule has 11 nitrogen and oxygen atoms in total. The first-order valence-corrected chi connectivity index (χ1v) is 16.9. The highest BCUT2D eigenvalue weighted by molar-refractivity contribution is 5.31. The summed E-state index contributed by atoms with van der Waals surface area (Å²) in [5.74, 6) is 2.24. The first kappa shape index (κ1) is 42.6. The van der Waals surface area contributed by atoms with Crippen LogP contribution in [0.5, 0.6) is 5.75 Å². The fraction of sp³-hybridized carbons (Fsp3) is 0.829. The largest absolute Gasteiger partial charge is 0.491 e. The van der Waals surface area contributed by atoms with Gasteiger partial charge in [-0.05, 0) is 41.4 Å². The Kier molecular flexibility index (Phi) is 27.6. The zero-order valence-corrected chi connectivity index (χ0v) is 29.3. The van der Waals surface area contributed by atoms with E-state index in [0.29, 0.717) is 137 Å². The molecule has 1 rings (SSSR count). The Balaban J connectivity index is 1.78. The number of aliphatic hydroxyl groups is 1. The molecule has 0 aliphatic rings. The second-order valence-corrected chi connectivity index (χ2v) is 11.9. The molecule has 0 fully saturated rings. The van der Waals surface area contributed by atoms with E-state index in [1.165, 1.54) is 5.56 Å². The maximum atomic E-state index is 8.59. The third kappa shape index (κ3) is 24.7. The molecule has 0 radical (unpaired) electrons. The van der Waals surface area contributed by atoms with Crippen molar-refractivity contribution in [1.29, 1.82) is 0 Å². The maximum absolute atomic E-state index is 8.59. The molecule has 0 aliphatic carbocycles. The summed E-state index contributed by atoms with van der Waals surface area (Å²) in [6.07, 6.45) is 1.16. The molecule has 0 aromatic heterocycles. The Morgan fingerprint density at radius 1 is 0.478 bits per heavy atom. The summed E-state index contributed by atoms with van der Waals surface area (Å²) in [6, 6.07) is 8.47. The van der Waals surface area contributed by atoms with E-state index in [1.54, 1.807) is 0 Å². The summed E-state index contributed by atoms with van der Waals surface area (Å²) in [7, 11) is 0. The molecular weight excluding hydrogens is 596 g/mol. The van der Waals surface area contributed by atoms with Gasteiger partial charge in [-0.1, -0.05) is 46.8 Å². The van der Waals surface area contributed by atoms with Crippen LogP contribution in [-0.2, 0) is 48.0 Å². The number of benzene rings is 1. The van der Waals surface area contributed by atoms with E-state index in [-0.39, 0.29) is 12.0 Å². The van der Waals surface area contributed by atoms with Gasteiger partial charge < -0.3 is 52.5 Å². The van der Waals surface area contributed by atoms with Crippen LogP contribution < -0.4 is 4.74 Å². The summed E-state index contributed by atoms with van der Waals surface area (Å²) in [5.41, 5.74) is 1.49. The van der Waals surface area contributed by atoms with Crippen molar-refractivity contribution in [3.63, 3.8) is 0 Å². The van der Waals surface area contributed by atoms with Gasteiger partial charge in [0.05, 0.1) is 126 Å². The van der Waals surface area contributed by atoms with Crippen molar-refractivity contribution in [2.45, 2.75) is 46.5 Å². The smallest absolute Gasteiger partial charge is 0.119 e. The van der Waals surface area contributed by atoms with Crippen LogP contribution in [0.25, 0.3) is 0 Å². The van der Waals surface area contributed by atoms with Crippen molar-refractivity contribution in [3.05, 3.63) is 29.8 Å². The van der Waals surface area contributed by atoms with Crippen LogP contribution in [0.1, 0.15) is 46.6 Å². The van der Waals surface area contributed by atoms with Gasteiger partial charge in [-0.15, -0.1) is 0 Å². The zero-order valence-electron chi connectivity index (χ0n) is 29.3. The fourth-order valence-electron chi connectivity index (χ4n) is 4.31. The highest BCUT2D eigenvalue weighted by Gasteiger charge is 2.24. The molecule has 46 heavy (non-hydrogen) atoms. The maximum Gasteiger partial charge on any atom is 0.119 e. The van der Waals surface area contributed by atoms with Gasteiger partial charge in [-0.25, -0.2) is 0 Å². The second-order valence-electron chi connectivity index (χ2n) is 11.9. The second kappa shape index (κ2) is 29.7. The van der Waals surface area contributed by atoms with E-state index in [9.17, 15) is 0 Å². The van der Waals surface area contributed by atoms with E-state index in [4.69, 9.17) is 52.5 Å². The SMILES string of the molecule is CC(C)C(C)CC(C)(C)c1ccc(OCCOCCOCCOCCOCCOCCOCCOCCOCCOCCO)cc1. The Bertz CT molecular complexity index is 776. The molecule has 1 aromatic carbocycles. The molecule has 1 N–H and O–H groups in total. The van der Waals surface area contributed by atoms with Crippen molar-refractivity contribution in [3.8, 4) is 5.75 Å². The molecule has 1 unspecified atom stereocenters. The summed E-state index contributed by atoms with van der Waals surface area (Å²) in [4.78, 5) is 0. The van der Waals surface area contributed by atoms with Gasteiger partial charge >= 0.3 is 0 Å². The minimum Gasteiger partial charge on any atom is -0.491 e. The van der Waals surface area contributed by atoms with E-state index >= 15 is 0 Å². The van der Waals surface area contributed by atoms with Gasteiger partial charge in [0.2, 0.25) is 0 Å². The van der Waals surface area contributed by atoms with Gasteiger partial charge in [-0.2, -0.15) is 0 Å². The van der Waals surface area contributed by atoms with Crippen molar-refractivity contribution in [1.82, 2.24) is 0 Å². The standard InChI is InChI=1S/C35H64O11/c1-31(2)32(3)30-35(4,5)33-6-8-34(9-7-33)46-29-28-45-27-26-44-25-24-43-23-22-42-21-20-41-19-18-40-17-16-39-15-14-38-13-12-37-11-10-36/h6-9,31-32,36H,10-30H2,1-5H3. The highest BCUT2D eigenvalue weighted by atomic mass is 16.6. The van der Waals surface area contributed by atoms with Gasteiger partial charge in [0.15, 0.2) is 0 Å². The number of aliphatic hydroxyl groups excluding tert-OH is 1. The molecule has 0 aliphatic heterocycles. The van der Waals surface area contributed by atoms with E-state index in [1.807, 2.05) is 0 Å². The third-order valence-electron chi connectivity index (χ3n) is 7.31. The van der Waals surface area contributed by atoms with E-state index < -0.39 is 0 Å². The number of hydrogen-bond donors (Lipinski definition) is 1. The summed E-state index contributed by atoms with van der Waals surface area (Å²) >= 11 is 0. The van der Waals surface area contributed by atoms with Gasteiger partial charge in [-0.3, -0.25) is 0 Å². The summed E-state index contributed by atoms with van der Waals surface area (Å²) in [6.45, 7) is 21.1. The molecule has 1 aromatic rings. The third-order valence-corrected chi connectivity index (χ3v) is 7.31. The molecule has 0 bridgehead atoms. The molecule has 0 amide bonds. The molecule has 0 saturated heterocycles. The van der Waals surface area contributed by atoms with Crippen molar-refractivity contribution in [2.75, 3.05) is 132 Å². The predicted molar refractivity (Wildman–Crippen MR) is 178 cm³/mol. The molecule has 0 spiro atoms. The van der Waals surface area contributed by atoms with Crippen molar-refractivity contribution < 1.29 is 52.5 Å². The van der Waals surface area contributed by atoms with Crippen molar-refractivity contribution >= 4 is 0 Å². The van der Waals surface area contributed by atoms with Crippen LogP contribution in [0.3, 0.4) is 0 Å². The number of ether oxygens (including phenoxy) is 10. The quantitative estimate of drug-likeness (QED) is 0.108. The van der Waals surface area contributed by atoms with E-state index in [2.05, 4.69) is 58.9 Å². The average molecular weight is 661 g/mol. The van der Waals surface area contributed by atoms with Gasteiger partial charge in [0.1, 0.15) is 12.4 Å². The van der Waals surface area contributed by atoms with Gasteiger partial charge in [0.25, 0.3) is 0 Å². The predicted octanol–water partition coefficient (Wildman–Crippen LogP) is 4.17. The molecular formula is C35H64O11. The Hall–Kier alpha value is -1.38. The first-order valence-electron chi connectivity index (χ1n) is 16.9. The topological polar surface area (TPSA) is 113 Å². The molecule has 0 saturated carbocycles. The number of hydrogen-bond acceptors (Lipinski definition) is 11. The summed E-state index contributed by atoms with van der Waals surface area (Å²) < 4.78 is 54.7. The van der Waals surface area contributed by atoms with Gasteiger partial charge in [0, 0.05) is 0 Å². The van der Waals surface area contributed by atoms with Crippen LogP contribution >= 0.6 is 0 Å². The fourth-order valence-corrected chi connectivity index (χ4v) is 4.31. The minimum absolute atomic E-state index is 0.0271. The lowest BCUT2D eigenvalue weighted by Gasteiger charge is -2.30. The Morgan fingerprint density at radius 3 is 1.09 bits per heavy atom. The van der Waals surface area contributed by atoms with Crippen LogP contribution in [0.15, 0.2) is 24.3 Å². The Labute approximate surface area is 278 Å². The Morgan fingerprint density at radius 2 is 0.783 bits per heavy atom. The van der Waals surface area contributed by atoms with Crippen LogP contribution in [0, 0.1) is 11.8 Å². The van der Waals surface area contributed by atoms with Crippen molar-refractivity contribution in [2.24, 2.45) is 11.8 Å². The summed E-state index contributed by atoms with van der Waals surface area (Å²) in [5, 5.41) is 8.59. The number of rotatable bonds is 34. The molecule has 0 heterocycles.